The summed E-state index contributed by atoms with van der Waals surface area (Å²) in [7, 11) is -3.20. The molecule has 100 valence electrons. The van der Waals surface area contributed by atoms with Crippen LogP contribution in [0.5, 0.6) is 0 Å². The molecular formula is C13H20N2O2S. The first-order chi connectivity index (χ1) is 8.61. The molecular weight excluding hydrogens is 248 g/mol. The molecule has 1 fully saturated rings. The van der Waals surface area contributed by atoms with E-state index in [-0.39, 0.29) is 5.75 Å². The molecule has 18 heavy (non-hydrogen) atoms. The van der Waals surface area contributed by atoms with Gasteiger partial charge in [-0.15, -0.1) is 0 Å². The van der Waals surface area contributed by atoms with Crippen LogP contribution in [0.3, 0.4) is 0 Å². The molecule has 0 aliphatic carbocycles. The lowest BCUT2D eigenvalue weighted by Crippen LogP contribution is -2.21. The molecule has 1 saturated heterocycles. The molecule has 0 amide bonds. The summed E-state index contributed by atoms with van der Waals surface area (Å²) in [5, 5.41) is 0. The van der Waals surface area contributed by atoms with E-state index in [2.05, 4.69) is 9.62 Å². The average molecular weight is 268 g/mol. The van der Waals surface area contributed by atoms with Crippen LogP contribution in [0.4, 0.5) is 5.69 Å². The fraction of sp³-hybridized carbons (Fsp3) is 0.538. The first-order valence-corrected chi connectivity index (χ1v) is 8.07. The van der Waals surface area contributed by atoms with Crippen LogP contribution in [-0.2, 0) is 16.6 Å². The Morgan fingerprint density at radius 2 is 1.89 bits per heavy atom. The average Bonchev–Trinajstić information content (AvgIpc) is 2.84. The summed E-state index contributed by atoms with van der Waals surface area (Å²) in [6.07, 6.45) is 2.48. The standard InChI is InChI=1S/C13H20N2O2S/c1-2-18(16,17)14-13-8-4-3-7-12(13)11-15-9-5-6-10-15/h3-4,7-8,14H,2,5-6,9-11H2,1H3. The van der Waals surface area contributed by atoms with Crippen molar-refractivity contribution in [2.75, 3.05) is 23.6 Å². The highest BCUT2D eigenvalue weighted by atomic mass is 32.2. The molecule has 1 heterocycles. The van der Waals surface area contributed by atoms with Crippen molar-refractivity contribution >= 4 is 15.7 Å². The van der Waals surface area contributed by atoms with E-state index in [0.717, 1.165) is 25.2 Å². The number of benzene rings is 1. The Kier molecular flexibility index (Phi) is 4.24. The van der Waals surface area contributed by atoms with Crippen molar-refractivity contribution in [2.45, 2.75) is 26.3 Å². The lowest BCUT2D eigenvalue weighted by molar-refractivity contribution is 0.332. The predicted octanol–water partition coefficient (Wildman–Crippen LogP) is 2.04. The summed E-state index contributed by atoms with van der Waals surface area (Å²) in [6.45, 7) is 4.68. The van der Waals surface area contributed by atoms with Crippen LogP contribution in [0.2, 0.25) is 0 Å². The first-order valence-electron chi connectivity index (χ1n) is 6.41. The van der Waals surface area contributed by atoms with Crippen LogP contribution in [0, 0.1) is 0 Å². The summed E-state index contributed by atoms with van der Waals surface area (Å²) < 4.78 is 25.9. The quantitative estimate of drug-likeness (QED) is 0.889. The number of para-hydroxylation sites is 1. The van der Waals surface area contributed by atoms with E-state index in [0.29, 0.717) is 5.69 Å². The van der Waals surface area contributed by atoms with Gasteiger partial charge in [-0.05, 0) is 44.5 Å². The molecule has 1 N–H and O–H groups in total. The van der Waals surface area contributed by atoms with Gasteiger partial charge in [0, 0.05) is 6.54 Å². The number of likely N-dealkylation sites (tertiary alicyclic amines) is 1. The van der Waals surface area contributed by atoms with E-state index in [4.69, 9.17) is 0 Å². The van der Waals surface area contributed by atoms with Crippen molar-refractivity contribution in [3.05, 3.63) is 29.8 Å². The van der Waals surface area contributed by atoms with E-state index < -0.39 is 10.0 Å². The minimum absolute atomic E-state index is 0.102. The lowest BCUT2D eigenvalue weighted by atomic mass is 10.2. The zero-order valence-electron chi connectivity index (χ0n) is 10.7. The third kappa shape index (κ3) is 3.46. The number of sulfonamides is 1. The maximum atomic E-state index is 11.6. The van der Waals surface area contributed by atoms with Crippen molar-refractivity contribution < 1.29 is 8.42 Å². The van der Waals surface area contributed by atoms with Crippen LogP contribution in [0.25, 0.3) is 0 Å². The van der Waals surface area contributed by atoms with E-state index in [1.165, 1.54) is 12.8 Å². The minimum Gasteiger partial charge on any atom is -0.299 e. The highest BCUT2D eigenvalue weighted by Gasteiger charge is 2.15. The Morgan fingerprint density at radius 3 is 2.56 bits per heavy atom. The number of rotatable bonds is 5. The van der Waals surface area contributed by atoms with Gasteiger partial charge in [-0.1, -0.05) is 18.2 Å². The highest BCUT2D eigenvalue weighted by Crippen LogP contribution is 2.20. The topological polar surface area (TPSA) is 49.4 Å². The zero-order valence-corrected chi connectivity index (χ0v) is 11.5. The molecule has 0 aromatic heterocycles. The molecule has 5 heteroatoms. The molecule has 0 bridgehead atoms. The van der Waals surface area contributed by atoms with Gasteiger partial charge in [-0.25, -0.2) is 8.42 Å². The second kappa shape index (κ2) is 5.71. The largest absolute Gasteiger partial charge is 0.299 e. The monoisotopic (exact) mass is 268 g/mol. The van der Waals surface area contributed by atoms with Crippen LogP contribution < -0.4 is 4.72 Å². The summed E-state index contributed by atoms with van der Waals surface area (Å²) in [6, 6.07) is 7.64. The summed E-state index contributed by atoms with van der Waals surface area (Å²) in [5.74, 6) is 0.102. The van der Waals surface area contributed by atoms with Crippen molar-refractivity contribution in [2.24, 2.45) is 0 Å². The lowest BCUT2D eigenvalue weighted by Gasteiger charge is -2.18. The molecule has 2 rings (SSSR count). The Bertz CT molecular complexity index is 493. The van der Waals surface area contributed by atoms with Gasteiger partial charge in [-0.3, -0.25) is 9.62 Å². The van der Waals surface area contributed by atoms with E-state index in [1.807, 2.05) is 24.3 Å². The maximum Gasteiger partial charge on any atom is 0.232 e. The Hall–Kier alpha value is -1.07. The second-order valence-electron chi connectivity index (χ2n) is 4.65. The Labute approximate surface area is 109 Å². The smallest absolute Gasteiger partial charge is 0.232 e. The van der Waals surface area contributed by atoms with E-state index >= 15 is 0 Å². The van der Waals surface area contributed by atoms with Crippen LogP contribution >= 0.6 is 0 Å². The van der Waals surface area contributed by atoms with Gasteiger partial charge in [0.25, 0.3) is 0 Å². The second-order valence-corrected chi connectivity index (χ2v) is 6.66. The molecule has 0 radical (unpaired) electrons. The molecule has 0 saturated carbocycles. The molecule has 1 aromatic rings. The van der Waals surface area contributed by atoms with Crippen molar-refractivity contribution in [1.29, 1.82) is 0 Å². The molecule has 0 atom stereocenters. The summed E-state index contributed by atoms with van der Waals surface area (Å²) >= 11 is 0. The molecule has 1 aliphatic rings. The van der Waals surface area contributed by atoms with Crippen LogP contribution in [0.15, 0.2) is 24.3 Å². The van der Waals surface area contributed by atoms with Gasteiger partial charge in [0.2, 0.25) is 10.0 Å². The molecule has 0 unspecified atom stereocenters. The predicted molar refractivity (Wildman–Crippen MR) is 74.0 cm³/mol. The highest BCUT2D eigenvalue weighted by molar-refractivity contribution is 7.92. The summed E-state index contributed by atoms with van der Waals surface area (Å²) in [4.78, 5) is 2.36. The molecule has 1 aliphatic heterocycles. The number of hydrogen-bond donors (Lipinski definition) is 1. The Morgan fingerprint density at radius 1 is 1.22 bits per heavy atom. The first kappa shape index (κ1) is 13.4. The molecule has 0 spiro atoms. The fourth-order valence-electron chi connectivity index (χ4n) is 2.18. The third-order valence-electron chi connectivity index (χ3n) is 3.26. The normalized spacial score (nSPS) is 16.9. The zero-order chi connectivity index (χ0) is 13.0. The molecule has 4 nitrogen and oxygen atoms in total. The van der Waals surface area contributed by atoms with Gasteiger partial charge in [0.1, 0.15) is 0 Å². The third-order valence-corrected chi connectivity index (χ3v) is 4.55. The SMILES string of the molecule is CCS(=O)(=O)Nc1ccccc1CN1CCCC1. The van der Waals surface area contributed by atoms with Gasteiger partial charge >= 0.3 is 0 Å². The van der Waals surface area contributed by atoms with Crippen molar-refractivity contribution in [3.63, 3.8) is 0 Å². The Balaban J connectivity index is 2.14. The van der Waals surface area contributed by atoms with Crippen molar-refractivity contribution in [3.8, 4) is 0 Å². The number of anilines is 1. The van der Waals surface area contributed by atoms with Crippen molar-refractivity contribution in [1.82, 2.24) is 4.90 Å². The molecule has 1 aromatic carbocycles. The van der Waals surface area contributed by atoms with Gasteiger partial charge < -0.3 is 0 Å². The maximum absolute atomic E-state index is 11.6. The summed E-state index contributed by atoms with van der Waals surface area (Å²) in [5.41, 5.74) is 1.77. The fourth-order valence-corrected chi connectivity index (χ4v) is 2.86. The number of nitrogens with zero attached hydrogens (tertiary/aromatic N) is 1. The number of hydrogen-bond acceptors (Lipinski definition) is 3. The van der Waals surface area contributed by atoms with E-state index in [9.17, 15) is 8.42 Å². The number of nitrogens with one attached hydrogen (secondary N) is 1. The van der Waals surface area contributed by atoms with Crippen LogP contribution in [-0.4, -0.2) is 32.2 Å². The van der Waals surface area contributed by atoms with Crippen LogP contribution in [0.1, 0.15) is 25.3 Å². The van der Waals surface area contributed by atoms with Gasteiger partial charge in [-0.2, -0.15) is 0 Å². The van der Waals surface area contributed by atoms with Gasteiger partial charge in [0.15, 0.2) is 0 Å². The van der Waals surface area contributed by atoms with E-state index in [1.54, 1.807) is 6.92 Å². The minimum atomic E-state index is -3.20. The van der Waals surface area contributed by atoms with Gasteiger partial charge in [0.05, 0.1) is 11.4 Å².